The highest BCUT2D eigenvalue weighted by molar-refractivity contribution is 9.10. The predicted molar refractivity (Wildman–Crippen MR) is 97.8 cm³/mol. The molecule has 9 nitrogen and oxygen atoms in total. The van der Waals surface area contributed by atoms with Crippen molar-refractivity contribution in [3.8, 4) is 0 Å². The molecule has 27 heavy (non-hydrogen) atoms. The van der Waals surface area contributed by atoms with Crippen LogP contribution in [-0.2, 0) is 28.6 Å². The Balaban J connectivity index is 2.11. The van der Waals surface area contributed by atoms with E-state index in [1.165, 1.54) is 48.5 Å². The number of hydroxylamine groups is 2. The summed E-state index contributed by atoms with van der Waals surface area (Å²) in [5.41, 5.74) is 0. The summed E-state index contributed by atoms with van der Waals surface area (Å²) in [6.45, 7) is -1.84. The smallest absolute Gasteiger partial charge is 0.297 e. The largest absolute Gasteiger partial charge is 0.761 e. The highest BCUT2D eigenvalue weighted by Gasteiger charge is 2.34. The molecule has 0 aromatic heterocycles. The van der Waals surface area contributed by atoms with Crippen molar-refractivity contribution in [2.45, 2.75) is 14.2 Å². The molecule has 0 heterocycles. The van der Waals surface area contributed by atoms with Gasteiger partial charge in [-0.25, -0.2) is 5.23 Å². The minimum absolute atomic E-state index is 0.173. The monoisotopic (exact) mass is 480 g/mol. The Morgan fingerprint density at radius 1 is 0.852 bits per heavy atom. The molecule has 2 aromatic carbocycles. The first-order valence-electron chi connectivity index (χ1n) is 7.31. The van der Waals surface area contributed by atoms with Crippen LogP contribution in [0.5, 0.6) is 0 Å². The van der Waals surface area contributed by atoms with E-state index in [0.29, 0.717) is 0 Å². The zero-order valence-corrected chi connectivity index (χ0v) is 16.9. The normalized spacial score (nSPS) is 13.0. The second kappa shape index (κ2) is 8.75. The van der Waals surface area contributed by atoms with Gasteiger partial charge in [-0.1, -0.05) is 52.3 Å². The molecule has 0 aliphatic carbocycles. The van der Waals surface area contributed by atoms with Crippen molar-refractivity contribution in [3.63, 3.8) is 0 Å². The molecule has 0 spiro atoms. The lowest BCUT2D eigenvalue weighted by Gasteiger charge is -2.37. The minimum Gasteiger partial charge on any atom is -0.761 e. The molecule has 2 aromatic rings. The summed E-state index contributed by atoms with van der Waals surface area (Å²) in [6.07, 6.45) is 0. The van der Waals surface area contributed by atoms with Gasteiger partial charge >= 0.3 is 0 Å². The summed E-state index contributed by atoms with van der Waals surface area (Å²) in [6, 6.07) is 14.2. The van der Waals surface area contributed by atoms with Crippen LogP contribution in [0, 0.1) is 5.21 Å². The van der Waals surface area contributed by atoms with Crippen molar-refractivity contribution < 1.29 is 30.4 Å². The molecule has 148 valence electrons. The molecule has 0 aliphatic heterocycles. The summed E-state index contributed by atoms with van der Waals surface area (Å²) in [5, 5.41) is 20.1. The van der Waals surface area contributed by atoms with Crippen molar-refractivity contribution in [2.24, 2.45) is 0 Å². The number of hydrogen-bond donors (Lipinski definition) is 1. The predicted octanol–water partition coefficient (Wildman–Crippen LogP) is 2.08. The Hall–Kier alpha value is -1.38. The van der Waals surface area contributed by atoms with E-state index in [1.807, 2.05) is 0 Å². The van der Waals surface area contributed by atoms with Gasteiger partial charge in [0, 0.05) is 0 Å². The Morgan fingerprint density at radius 3 is 1.48 bits per heavy atom. The first kappa shape index (κ1) is 21.9. The van der Waals surface area contributed by atoms with E-state index in [4.69, 9.17) is 8.37 Å². The second-order valence-corrected chi connectivity index (χ2v) is 9.96. The van der Waals surface area contributed by atoms with Gasteiger partial charge in [0.25, 0.3) is 20.2 Å². The van der Waals surface area contributed by atoms with E-state index < -0.39 is 43.1 Å². The Bertz CT molecular complexity index is 876. The zero-order chi connectivity index (χ0) is 20.1. The maximum Gasteiger partial charge on any atom is 0.297 e. The number of rotatable bonds is 9. The van der Waals surface area contributed by atoms with E-state index in [2.05, 4.69) is 15.9 Å². The first-order valence-corrected chi connectivity index (χ1v) is 10.9. The Morgan fingerprint density at radius 2 is 1.19 bits per heavy atom. The van der Waals surface area contributed by atoms with Crippen molar-refractivity contribution in [1.82, 2.24) is 5.23 Å². The van der Waals surface area contributed by atoms with E-state index >= 15 is 0 Å². The minimum atomic E-state index is -4.24. The lowest BCUT2D eigenvalue weighted by molar-refractivity contribution is -0.112. The van der Waals surface area contributed by atoms with Crippen molar-refractivity contribution in [1.29, 1.82) is 0 Å². The van der Waals surface area contributed by atoms with Gasteiger partial charge in [-0.15, -0.1) is 0 Å². The quantitative estimate of drug-likeness (QED) is 0.247. The second-order valence-electron chi connectivity index (χ2n) is 5.25. The van der Waals surface area contributed by atoms with E-state index in [-0.39, 0.29) is 9.79 Å². The van der Waals surface area contributed by atoms with E-state index in [1.54, 1.807) is 12.1 Å². The fourth-order valence-electron chi connectivity index (χ4n) is 1.80. The molecule has 0 radical (unpaired) electrons. The molecule has 0 bridgehead atoms. The SMILES string of the molecule is O=S(=O)(OCC(Br)(COS(=O)(=O)c1ccccc1)N([O-])O)c1ccccc1. The number of benzene rings is 2. The maximum absolute atomic E-state index is 12.1. The molecule has 0 aliphatic rings. The summed E-state index contributed by atoms with van der Waals surface area (Å²) >= 11 is 2.78. The van der Waals surface area contributed by atoms with Gasteiger partial charge in [0.2, 0.25) is 0 Å². The van der Waals surface area contributed by atoms with Crippen LogP contribution in [-0.4, -0.2) is 44.9 Å². The Labute approximate surface area is 165 Å². The van der Waals surface area contributed by atoms with Gasteiger partial charge in [-0.2, -0.15) is 16.8 Å². The van der Waals surface area contributed by atoms with Gasteiger partial charge in [0.15, 0.2) is 0 Å². The summed E-state index contributed by atoms with van der Waals surface area (Å²) in [7, 11) is -8.49. The van der Waals surface area contributed by atoms with Crippen LogP contribution in [0.15, 0.2) is 70.5 Å². The summed E-state index contributed by atoms with van der Waals surface area (Å²) in [4.78, 5) is -0.346. The third kappa shape index (κ3) is 5.80. The third-order valence-electron chi connectivity index (χ3n) is 3.28. The van der Waals surface area contributed by atoms with E-state index in [9.17, 15) is 27.3 Å². The van der Waals surface area contributed by atoms with Gasteiger partial charge in [0.05, 0.1) is 23.0 Å². The summed E-state index contributed by atoms with van der Waals surface area (Å²) < 4.78 is 55.8. The third-order valence-corrected chi connectivity index (χ3v) is 6.59. The van der Waals surface area contributed by atoms with Gasteiger partial charge in [0.1, 0.15) is 4.45 Å². The summed E-state index contributed by atoms with van der Waals surface area (Å²) in [5.74, 6) is 0. The van der Waals surface area contributed by atoms with Crippen molar-refractivity contribution in [2.75, 3.05) is 13.2 Å². The molecule has 12 heteroatoms. The van der Waals surface area contributed by atoms with Crippen LogP contribution in [0.1, 0.15) is 0 Å². The highest BCUT2D eigenvalue weighted by atomic mass is 79.9. The average molecular weight is 481 g/mol. The molecule has 1 N–H and O–H groups in total. The standard InChI is InChI=1S/C15H15BrNO8S2/c16-15(17(18)19,11-24-26(20,21)13-7-3-1-4-8-13)12-25-27(22,23)14-9-5-2-6-10-14/h1-10,18H,11-12H2/q-1. The highest BCUT2D eigenvalue weighted by Crippen LogP contribution is 2.26. The molecule has 0 amide bonds. The van der Waals surface area contributed by atoms with Crippen molar-refractivity contribution >= 4 is 36.2 Å². The fraction of sp³-hybridized carbons (Fsp3) is 0.200. The average Bonchev–Trinajstić information content (AvgIpc) is 2.66. The zero-order valence-electron chi connectivity index (χ0n) is 13.6. The molecule has 0 saturated heterocycles. The molecule has 0 fully saturated rings. The van der Waals surface area contributed by atoms with Crippen molar-refractivity contribution in [3.05, 3.63) is 65.9 Å². The number of hydrogen-bond acceptors (Lipinski definition) is 9. The van der Waals surface area contributed by atoms with Crippen LogP contribution < -0.4 is 0 Å². The molecular weight excluding hydrogens is 466 g/mol. The number of nitrogens with zero attached hydrogens (tertiary/aromatic N) is 1. The number of alkyl halides is 1. The lowest BCUT2D eigenvalue weighted by atomic mass is 10.3. The molecule has 0 saturated carbocycles. The van der Waals surface area contributed by atoms with Gasteiger partial charge in [-0.3, -0.25) is 8.37 Å². The van der Waals surface area contributed by atoms with Crippen LogP contribution in [0.2, 0.25) is 0 Å². The molecular formula is C15H15BrNO8S2-. The van der Waals surface area contributed by atoms with Gasteiger partial charge < -0.3 is 10.4 Å². The van der Waals surface area contributed by atoms with Crippen LogP contribution in [0.4, 0.5) is 0 Å². The van der Waals surface area contributed by atoms with E-state index in [0.717, 1.165) is 0 Å². The molecule has 0 atom stereocenters. The van der Waals surface area contributed by atoms with Crippen LogP contribution in [0.25, 0.3) is 0 Å². The number of halogens is 1. The maximum atomic E-state index is 12.1. The topological polar surface area (TPSA) is 133 Å². The lowest BCUT2D eigenvalue weighted by Crippen LogP contribution is -2.47. The first-order chi connectivity index (χ1) is 12.6. The molecule has 2 rings (SSSR count). The van der Waals surface area contributed by atoms with Gasteiger partial charge in [-0.05, 0) is 24.3 Å². The Kier molecular flexibility index (Phi) is 7.10. The van der Waals surface area contributed by atoms with Crippen LogP contribution in [0.3, 0.4) is 0 Å². The van der Waals surface area contributed by atoms with Crippen LogP contribution >= 0.6 is 15.9 Å². The fourth-order valence-corrected chi connectivity index (χ4v) is 4.28. The molecule has 0 unspecified atom stereocenters.